The molecule has 15 heavy (non-hydrogen) atoms. The molecule has 0 aromatic carbocycles. The first kappa shape index (κ1) is 12.6. The Kier molecular flexibility index (Phi) is 4.73. The molecule has 0 unspecified atom stereocenters. The van der Waals surface area contributed by atoms with Crippen molar-refractivity contribution in [2.75, 3.05) is 13.1 Å². The summed E-state index contributed by atoms with van der Waals surface area (Å²) in [4.78, 5) is 6.19. The van der Waals surface area contributed by atoms with Crippen molar-refractivity contribution in [1.29, 1.82) is 5.41 Å². The zero-order valence-corrected chi connectivity index (χ0v) is 11.9. The number of aromatic nitrogens is 1. The number of nitrogens with one attached hydrogen (secondary N) is 1. The second-order valence-corrected chi connectivity index (χ2v) is 4.77. The van der Waals surface area contributed by atoms with E-state index in [-0.39, 0.29) is 0 Å². The van der Waals surface area contributed by atoms with E-state index in [1.54, 1.807) is 6.20 Å². The monoisotopic (exact) mass is 333 g/mol. The van der Waals surface area contributed by atoms with Gasteiger partial charge < -0.3 is 4.90 Å². The summed E-state index contributed by atoms with van der Waals surface area (Å²) in [6.45, 7) is 5.70. The topological polar surface area (TPSA) is 40.0 Å². The van der Waals surface area contributed by atoms with Crippen molar-refractivity contribution >= 4 is 37.7 Å². The molecule has 0 atom stereocenters. The average Bonchev–Trinajstić information content (AvgIpc) is 2.19. The number of amidine groups is 1. The third-order valence-electron chi connectivity index (χ3n) is 2.11. The van der Waals surface area contributed by atoms with Crippen LogP contribution in [0.25, 0.3) is 0 Å². The van der Waals surface area contributed by atoms with E-state index in [1.165, 1.54) is 0 Å². The average molecular weight is 335 g/mol. The molecule has 0 amide bonds. The normalized spacial score (nSPS) is 10.1. The van der Waals surface area contributed by atoms with Gasteiger partial charge in [-0.05, 0) is 51.8 Å². The van der Waals surface area contributed by atoms with Crippen LogP contribution in [0.3, 0.4) is 0 Å². The second kappa shape index (κ2) is 5.61. The van der Waals surface area contributed by atoms with Gasteiger partial charge in [-0.3, -0.25) is 10.4 Å². The van der Waals surface area contributed by atoms with Crippen LogP contribution >= 0.6 is 31.9 Å². The summed E-state index contributed by atoms with van der Waals surface area (Å²) in [7, 11) is 0. The molecular formula is C10H13Br2N3. The molecule has 1 rings (SSSR count). The summed E-state index contributed by atoms with van der Waals surface area (Å²) in [5.41, 5.74) is 0.682. The molecule has 1 aromatic heterocycles. The molecule has 1 aromatic rings. The molecule has 0 aliphatic carbocycles. The Hall–Kier alpha value is -0.420. The Morgan fingerprint density at radius 2 is 2.00 bits per heavy atom. The van der Waals surface area contributed by atoms with E-state index in [0.29, 0.717) is 11.5 Å². The first-order valence-corrected chi connectivity index (χ1v) is 6.33. The van der Waals surface area contributed by atoms with Gasteiger partial charge in [0.15, 0.2) is 0 Å². The lowest BCUT2D eigenvalue weighted by Crippen LogP contribution is -2.31. The summed E-state index contributed by atoms with van der Waals surface area (Å²) in [6, 6.07) is 1.90. The summed E-state index contributed by atoms with van der Waals surface area (Å²) < 4.78 is 1.75. The molecule has 82 valence electrons. The lowest BCUT2D eigenvalue weighted by molar-refractivity contribution is 0.462. The van der Waals surface area contributed by atoms with Crippen molar-refractivity contribution in [3.8, 4) is 0 Å². The quantitative estimate of drug-likeness (QED) is 0.680. The maximum absolute atomic E-state index is 8.02. The minimum atomic E-state index is 0.458. The second-order valence-electron chi connectivity index (χ2n) is 3.00. The number of nitrogens with zero attached hydrogens (tertiary/aromatic N) is 2. The summed E-state index contributed by atoms with van der Waals surface area (Å²) >= 11 is 6.75. The predicted molar refractivity (Wildman–Crippen MR) is 69.4 cm³/mol. The Labute approximate surface area is 107 Å². The fraction of sp³-hybridized carbons (Fsp3) is 0.400. The van der Waals surface area contributed by atoms with Gasteiger partial charge in [0.05, 0.1) is 0 Å². The van der Waals surface area contributed by atoms with Crippen LogP contribution in [0.15, 0.2) is 21.2 Å². The first-order chi connectivity index (χ1) is 7.10. The minimum Gasteiger partial charge on any atom is -0.356 e. The van der Waals surface area contributed by atoms with E-state index in [2.05, 4.69) is 36.8 Å². The highest BCUT2D eigenvalue weighted by Gasteiger charge is 2.13. The largest absolute Gasteiger partial charge is 0.356 e. The van der Waals surface area contributed by atoms with Gasteiger partial charge in [0.2, 0.25) is 0 Å². The highest BCUT2D eigenvalue weighted by atomic mass is 79.9. The maximum atomic E-state index is 8.02. The third-order valence-corrected chi connectivity index (χ3v) is 3.15. The smallest absolute Gasteiger partial charge is 0.148 e. The molecule has 0 aliphatic heterocycles. The van der Waals surface area contributed by atoms with Crippen LogP contribution in [-0.4, -0.2) is 28.8 Å². The molecular weight excluding hydrogens is 322 g/mol. The van der Waals surface area contributed by atoms with Gasteiger partial charge in [0, 0.05) is 28.2 Å². The van der Waals surface area contributed by atoms with Gasteiger partial charge in [-0.1, -0.05) is 0 Å². The van der Waals surface area contributed by atoms with Gasteiger partial charge in [-0.2, -0.15) is 0 Å². The molecule has 0 fully saturated rings. The van der Waals surface area contributed by atoms with Crippen molar-refractivity contribution < 1.29 is 0 Å². The zero-order valence-electron chi connectivity index (χ0n) is 8.72. The van der Waals surface area contributed by atoms with Gasteiger partial charge >= 0.3 is 0 Å². The Morgan fingerprint density at radius 3 is 2.47 bits per heavy atom. The summed E-state index contributed by atoms with van der Waals surface area (Å²) in [6.07, 6.45) is 1.71. The van der Waals surface area contributed by atoms with Crippen molar-refractivity contribution in [3.63, 3.8) is 0 Å². The van der Waals surface area contributed by atoms with E-state index in [4.69, 9.17) is 5.41 Å². The van der Waals surface area contributed by atoms with Crippen LogP contribution in [0.1, 0.15) is 19.5 Å². The standard InChI is InChI=1S/C10H13Br2N3/c1-3-15(4-2)10(13)9-8(12)5-7(11)6-14-9/h5-6,13H,3-4H2,1-2H3. The Balaban J connectivity index is 3.00. The lowest BCUT2D eigenvalue weighted by Gasteiger charge is -2.21. The van der Waals surface area contributed by atoms with Crippen LogP contribution < -0.4 is 0 Å². The third kappa shape index (κ3) is 3.01. The first-order valence-electron chi connectivity index (χ1n) is 4.75. The molecule has 3 nitrogen and oxygen atoms in total. The predicted octanol–water partition coefficient (Wildman–Crippen LogP) is 3.27. The van der Waals surface area contributed by atoms with E-state index >= 15 is 0 Å². The van der Waals surface area contributed by atoms with E-state index in [9.17, 15) is 0 Å². The van der Waals surface area contributed by atoms with Crippen molar-refractivity contribution in [3.05, 3.63) is 26.9 Å². The number of hydrogen-bond acceptors (Lipinski definition) is 2. The van der Waals surface area contributed by atoms with Gasteiger partial charge in [0.1, 0.15) is 11.5 Å². The van der Waals surface area contributed by atoms with Crippen molar-refractivity contribution in [2.45, 2.75) is 13.8 Å². The van der Waals surface area contributed by atoms with Gasteiger partial charge in [-0.15, -0.1) is 0 Å². The minimum absolute atomic E-state index is 0.458. The number of pyridine rings is 1. The van der Waals surface area contributed by atoms with Crippen LogP contribution in [-0.2, 0) is 0 Å². The van der Waals surface area contributed by atoms with Crippen LogP contribution in [0.2, 0.25) is 0 Å². The Bertz CT molecular complexity index is 362. The van der Waals surface area contributed by atoms with Gasteiger partial charge in [-0.25, -0.2) is 0 Å². The molecule has 5 heteroatoms. The van der Waals surface area contributed by atoms with E-state index < -0.39 is 0 Å². The molecule has 0 saturated carbocycles. The highest BCUT2D eigenvalue weighted by molar-refractivity contribution is 9.11. The maximum Gasteiger partial charge on any atom is 0.148 e. The fourth-order valence-corrected chi connectivity index (χ4v) is 2.45. The SMILES string of the molecule is CCN(CC)C(=N)c1ncc(Br)cc1Br. The lowest BCUT2D eigenvalue weighted by atomic mass is 10.3. The number of halogens is 2. The number of hydrogen-bond donors (Lipinski definition) is 1. The molecule has 0 radical (unpaired) electrons. The van der Waals surface area contributed by atoms with Crippen LogP contribution in [0.4, 0.5) is 0 Å². The zero-order chi connectivity index (χ0) is 11.4. The molecule has 0 spiro atoms. The molecule has 0 aliphatic rings. The summed E-state index contributed by atoms with van der Waals surface area (Å²) in [5, 5.41) is 8.02. The molecule has 0 saturated heterocycles. The van der Waals surface area contributed by atoms with Crippen molar-refractivity contribution in [2.24, 2.45) is 0 Å². The van der Waals surface area contributed by atoms with Gasteiger partial charge in [0.25, 0.3) is 0 Å². The van der Waals surface area contributed by atoms with E-state index in [0.717, 1.165) is 22.0 Å². The van der Waals surface area contributed by atoms with Crippen LogP contribution in [0, 0.1) is 5.41 Å². The molecule has 1 N–H and O–H groups in total. The van der Waals surface area contributed by atoms with Crippen molar-refractivity contribution in [1.82, 2.24) is 9.88 Å². The summed E-state index contributed by atoms with van der Waals surface area (Å²) in [5.74, 6) is 0.458. The molecule has 1 heterocycles. The fourth-order valence-electron chi connectivity index (χ4n) is 1.28. The highest BCUT2D eigenvalue weighted by Crippen LogP contribution is 2.20. The molecule has 0 bridgehead atoms. The number of rotatable bonds is 3. The Morgan fingerprint density at radius 1 is 1.40 bits per heavy atom. The van der Waals surface area contributed by atoms with E-state index in [1.807, 2.05) is 24.8 Å². The van der Waals surface area contributed by atoms with Crippen LogP contribution in [0.5, 0.6) is 0 Å².